The molecule has 0 aliphatic carbocycles. The number of hydrogen-bond donors (Lipinski definition) is 1. The summed E-state index contributed by atoms with van der Waals surface area (Å²) in [7, 11) is 0. The molecule has 1 amide bonds. The van der Waals surface area contributed by atoms with E-state index in [1.165, 1.54) is 6.42 Å². The van der Waals surface area contributed by atoms with Crippen LogP contribution in [0, 0.1) is 11.3 Å². The van der Waals surface area contributed by atoms with Crippen molar-refractivity contribution < 1.29 is 4.79 Å². The summed E-state index contributed by atoms with van der Waals surface area (Å²) < 4.78 is 0. The van der Waals surface area contributed by atoms with Gasteiger partial charge in [-0.05, 0) is 31.7 Å². The van der Waals surface area contributed by atoms with E-state index >= 15 is 0 Å². The van der Waals surface area contributed by atoms with Gasteiger partial charge in [-0.25, -0.2) is 0 Å². The standard InChI is InChI=1S/C13H24N2O.ClH/c1-4-13(2,3)12(16)15-8-6-11-10(9-15)5-7-14-11;/h10-11,14H,4-9H2,1-3H3;1H. The van der Waals surface area contributed by atoms with Crippen LogP contribution >= 0.6 is 12.4 Å². The number of halogens is 1. The Bertz CT molecular complexity index is 281. The Morgan fingerprint density at radius 3 is 2.76 bits per heavy atom. The molecule has 0 radical (unpaired) electrons. The van der Waals surface area contributed by atoms with Crippen LogP contribution in [0.3, 0.4) is 0 Å². The number of amides is 1. The van der Waals surface area contributed by atoms with Crippen LogP contribution in [0.5, 0.6) is 0 Å². The molecule has 2 fully saturated rings. The fourth-order valence-corrected chi connectivity index (χ4v) is 2.81. The van der Waals surface area contributed by atoms with Gasteiger partial charge in [0.2, 0.25) is 5.91 Å². The first-order valence-corrected chi connectivity index (χ1v) is 6.57. The van der Waals surface area contributed by atoms with Crippen molar-refractivity contribution >= 4 is 18.3 Å². The first kappa shape index (κ1) is 14.8. The fourth-order valence-electron chi connectivity index (χ4n) is 2.81. The average molecular weight is 261 g/mol. The lowest BCUT2D eigenvalue weighted by Gasteiger charge is -2.38. The van der Waals surface area contributed by atoms with Gasteiger partial charge in [0.05, 0.1) is 0 Å². The molecule has 0 aromatic rings. The minimum Gasteiger partial charge on any atom is -0.342 e. The van der Waals surface area contributed by atoms with E-state index in [1.807, 2.05) is 0 Å². The molecule has 4 heteroatoms. The molecule has 2 heterocycles. The minimum atomic E-state index is -0.182. The van der Waals surface area contributed by atoms with E-state index in [2.05, 4.69) is 31.0 Å². The quantitative estimate of drug-likeness (QED) is 0.824. The smallest absolute Gasteiger partial charge is 0.228 e. The van der Waals surface area contributed by atoms with Gasteiger partial charge in [-0.15, -0.1) is 12.4 Å². The zero-order chi connectivity index (χ0) is 11.8. The highest BCUT2D eigenvalue weighted by molar-refractivity contribution is 5.85. The largest absolute Gasteiger partial charge is 0.342 e. The van der Waals surface area contributed by atoms with Crippen LogP contribution in [-0.2, 0) is 4.79 Å². The minimum absolute atomic E-state index is 0. The first-order chi connectivity index (χ1) is 7.54. The molecule has 0 bridgehead atoms. The molecule has 2 unspecified atom stereocenters. The van der Waals surface area contributed by atoms with Gasteiger partial charge in [-0.1, -0.05) is 20.8 Å². The Kier molecular flexibility index (Phi) is 4.85. The zero-order valence-electron chi connectivity index (χ0n) is 11.2. The van der Waals surface area contributed by atoms with Gasteiger partial charge in [0, 0.05) is 24.5 Å². The SMILES string of the molecule is CCC(C)(C)C(=O)N1CCC2NCCC2C1.Cl. The molecular weight excluding hydrogens is 236 g/mol. The molecule has 17 heavy (non-hydrogen) atoms. The number of fused-ring (bicyclic) bond motifs is 1. The van der Waals surface area contributed by atoms with E-state index < -0.39 is 0 Å². The number of piperidine rings is 1. The van der Waals surface area contributed by atoms with Crippen LogP contribution < -0.4 is 5.32 Å². The van der Waals surface area contributed by atoms with Crippen molar-refractivity contribution in [2.24, 2.45) is 11.3 Å². The highest BCUT2D eigenvalue weighted by Gasteiger charge is 2.38. The van der Waals surface area contributed by atoms with Gasteiger partial charge in [0.25, 0.3) is 0 Å². The van der Waals surface area contributed by atoms with Crippen LogP contribution in [0.25, 0.3) is 0 Å². The Hall–Kier alpha value is -0.280. The fraction of sp³-hybridized carbons (Fsp3) is 0.923. The van der Waals surface area contributed by atoms with Gasteiger partial charge >= 0.3 is 0 Å². The van der Waals surface area contributed by atoms with Crippen LogP contribution in [-0.4, -0.2) is 36.5 Å². The summed E-state index contributed by atoms with van der Waals surface area (Å²) in [4.78, 5) is 14.4. The molecule has 2 aliphatic heterocycles. The maximum Gasteiger partial charge on any atom is 0.228 e. The summed E-state index contributed by atoms with van der Waals surface area (Å²) in [5.74, 6) is 1.05. The number of nitrogens with zero attached hydrogens (tertiary/aromatic N) is 1. The average Bonchev–Trinajstić information content (AvgIpc) is 2.74. The Morgan fingerprint density at radius 1 is 1.41 bits per heavy atom. The summed E-state index contributed by atoms with van der Waals surface area (Å²) in [6.07, 6.45) is 3.30. The van der Waals surface area contributed by atoms with Gasteiger partial charge in [-0.3, -0.25) is 4.79 Å². The van der Waals surface area contributed by atoms with Gasteiger partial charge in [-0.2, -0.15) is 0 Å². The second kappa shape index (κ2) is 5.57. The number of hydrogen-bond acceptors (Lipinski definition) is 2. The van der Waals surface area contributed by atoms with Crippen LogP contribution in [0.2, 0.25) is 0 Å². The summed E-state index contributed by atoms with van der Waals surface area (Å²) >= 11 is 0. The second-order valence-electron chi connectivity index (χ2n) is 5.89. The Balaban J connectivity index is 0.00000144. The van der Waals surface area contributed by atoms with Gasteiger partial charge in [0.15, 0.2) is 0 Å². The first-order valence-electron chi connectivity index (χ1n) is 6.57. The highest BCUT2D eigenvalue weighted by atomic mass is 35.5. The lowest BCUT2D eigenvalue weighted by molar-refractivity contribution is -0.142. The monoisotopic (exact) mass is 260 g/mol. The molecule has 100 valence electrons. The molecule has 2 saturated heterocycles. The molecule has 0 aromatic carbocycles. The summed E-state index contributed by atoms with van der Waals surface area (Å²) in [6.45, 7) is 9.27. The topological polar surface area (TPSA) is 32.3 Å². The van der Waals surface area contributed by atoms with Crippen molar-refractivity contribution in [1.29, 1.82) is 0 Å². The molecule has 0 saturated carbocycles. The van der Waals surface area contributed by atoms with Crippen LogP contribution in [0.4, 0.5) is 0 Å². The summed E-state index contributed by atoms with van der Waals surface area (Å²) in [6, 6.07) is 0.675. The van der Waals surface area contributed by atoms with E-state index in [9.17, 15) is 4.79 Å². The van der Waals surface area contributed by atoms with Gasteiger partial charge < -0.3 is 10.2 Å². The lowest BCUT2D eigenvalue weighted by atomic mass is 9.86. The molecule has 0 aromatic heterocycles. The maximum atomic E-state index is 12.3. The van der Waals surface area contributed by atoms with E-state index in [4.69, 9.17) is 0 Å². The van der Waals surface area contributed by atoms with Gasteiger partial charge in [0.1, 0.15) is 0 Å². The van der Waals surface area contributed by atoms with E-state index in [0.717, 1.165) is 32.5 Å². The number of rotatable bonds is 2. The van der Waals surface area contributed by atoms with Crippen LogP contribution in [0.15, 0.2) is 0 Å². The zero-order valence-corrected chi connectivity index (χ0v) is 12.0. The van der Waals surface area contributed by atoms with Crippen molar-refractivity contribution in [3.63, 3.8) is 0 Å². The number of likely N-dealkylation sites (tertiary alicyclic amines) is 1. The highest BCUT2D eigenvalue weighted by Crippen LogP contribution is 2.29. The molecule has 2 aliphatic rings. The predicted molar refractivity (Wildman–Crippen MR) is 72.4 cm³/mol. The second-order valence-corrected chi connectivity index (χ2v) is 5.89. The van der Waals surface area contributed by atoms with Crippen LogP contribution in [0.1, 0.15) is 40.0 Å². The van der Waals surface area contributed by atoms with Crippen molar-refractivity contribution in [1.82, 2.24) is 10.2 Å². The third kappa shape index (κ3) is 2.94. The third-order valence-electron chi connectivity index (χ3n) is 4.41. The molecule has 3 nitrogen and oxygen atoms in total. The molecule has 2 rings (SSSR count). The van der Waals surface area contributed by atoms with Crippen molar-refractivity contribution in [3.05, 3.63) is 0 Å². The number of carbonyl (C=O) groups is 1. The van der Waals surface area contributed by atoms with Crippen molar-refractivity contribution in [2.45, 2.75) is 46.1 Å². The van der Waals surface area contributed by atoms with Crippen molar-refractivity contribution in [2.75, 3.05) is 19.6 Å². The Labute approximate surface area is 111 Å². The molecule has 0 spiro atoms. The van der Waals surface area contributed by atoms with E-state index in [0.29, 0.717) is 17.9 Å². The number of carbonyl (C=O) groups excluding carboxylic acids is 1. The molecule has 1 N–H and O–H groups in total. The summed E-state index contributed by atoms with van der Waals surface area (Å²) in [5.41, 5.74) is -0.182. The predicted octanol–water partition coefficient (Wildman–Crippen LogP) is 2.05. The molecular formula is C13H25ClN2O. The summed E-state index contributed by atoms with van der Waals surface area (Å²) in [5, 5.41) is 3.53. The van der Waals surface area contributed by atoms with Crippen molar-refractivity contribution in [3.8, 4) is 0 Å². The normalized spacial score (nSPS) is 28.5. The third-order valence-corrected chi connectivity index (χ3v) is 4.41. The number of nitrogens with one attached hydrogen (secondary N) is 1. The van der Waals surface area contributed by atoms with E-state index in [1.54, 1.807) is 0 Å². The van der Waals surface area contributed by atoms with E-state index in [-0.39, 0.29) is 17.8 Å². The molecule has 2 atom stereocenters. The Morgan fingerprint density at radius 2 is 2.12 bits per heavy atom. The maximum absolute atomic E-state index is 12.3. The lowest BCUT2D eigenvalue weighted by Crippen LogP contribution is -2.50.